The van der Waals surface area contributed by atoms with Crippen LogP contribution in [-0.2, 0) is 29.0 Å². The molecule has 2 aliphatic heterocycles. The summed E-state index contributed by atoms with van der Waals surface area (Å²) in [5.41, 5.74) is 4.88. The Labute approximate surface area is 172 Å². The summed E-state index contributed by atoms with van der Waals surface area (Å²) < 4.78 is 0. The Hall–Kier alpha value is -2.62. The maximum atomic E-state index is 13.5. The lowest BCUT2D eigenvalue weighted by Gasteiger charge is -2.37. The quantitative estimate of drug-likeness (QED) is 0.781. The summed E-state index contributed by atoms with van der Waals surface area (Å²) in [6.07, 6.45) is 5.57. The Kier molecular flexibility index (Phi) is 4.86. The summed E-state index contributed by atoms with van der Waals surface area (Å²) >= 11 is 0. The maximum absolute atomic E-state index is 13.5. The van der Waals surface area contributed by atoms with Crippen LogP contribution in [0.15, 0.2) is 48.5 Å². The minimum Gasteiger partial charge on any atom is -0.338 e. The number of amides is 2. The van der Waals surface area contributed by atoms with E-state index in [1.807, 2.05) is 34.1 Å². The smallest absolute Gasteiger partial charge is 0.230 e. The van der Waals surface area contributed by atoms with Crippen LogP contribution >= 0.6 is 0 Å². The molecule has 2 unspecified atom stereocenters. The molecular formula is C25H28N2O2. The van der Waals surface area contributed by atoms with E-state index in [0.717, 1.165) is 57.3 Å². The van der Waals surface area contributed by atoms with Gasteiger partial charge in [-0.05, 0) is 48.4 Å². The van der Waals surface area contributed by atoms with E-state index in [1.54, 1.807) is 0 Å². The number of para-hydroxylation sites is 1. The Morgan fingerprint density at radius 2 is 1.34 bits per heavy atom. The molecule has 2 atom stereocenters. The van der Waals surface area contributed by atoms with Gasteiger partial charge in [0.2, 0.25) is 11.8 Å². The third-order valence-electron chi connectivity index (χ3n) is 7.00. The Balaban J connectivity index is 1.35. The van der Waals surface area contributed by atoms with Gasteiger partial charge in [-0.15, -0.1) is 0 Å². The van der Waals surface area contributed by atoms with E-state index in [9.17, 15) is 9.59 Å². The Morgan fingerprint density at radius 1 is 0.724 bits per heavy atom. The van der Waals surface area contributed by atoms with Gasteiger partial charge in [-0.1, -0.05) is 55.3 Å². The molecule has 0 radical (unpaired) electrons. The monoisotopic (exact) mass is 388 g/mol. The van der Waals surface area contributed by atoms with Gasteiger partial charge in [0.15, 0.2) is 0 Å². The largest absolute Gasteiger partial charge is 0.338 e. The van der Waals surface area contributed by atoms with Crippen LogP contribution in [-0.4, -0.2) is 29.8 Å². The standard InChI is InChI=1S/C25H28N2O2/c28-24(26-15-13-18-7-1-2-9-20(18)17-26)21-10-4-5-11-22(21)25(29)27-16-14-19-8-3-6-12-23(19)27/h1-3,6-9,12,21-22H,4-5,10-11,13-17H2. The van der Waals surface area contributed by atoms with Gasteiger partial charge in [-0.2, -0.15) is 0 Å². The molecule has 2 aromatic rings. The zero-order valence-electron chi connectivity index (χ0n) is 16.8. The van der Waals surface area contributed by atoms with E-state index in [1.165, 1.54) is 16.7 Å². The first-order valence-corrected chi connectivity index (χ1v) is 11.0. The van der Waals surface area contributed by atoms with Crippen molar-refractivity contribution in [3.63, 3.8) is 0 Å². The number of carbonyl (C=O) groups is 2. The van der Waals surface area contributed by atoms with Crippen molar-refractivity contribution in [3.8, 4) is 0 Å². The second-order valence-corrected chi connectivity index (χ2v) is 8.64. The van der Waals surface area contributed by atoms with Crippen molar-refractivity contribution in [3.05, 3.63) is 65.2 Å². The van der Waals surface area contributed by atoms with E-state index in [0.29, 0.717) is 6.54 Å². The number of anilines is 1. The van der Waals surface area contributed by atoms with Crippen LogP contribution in [0.2, 0.25) is 0 Å². The highest BCUT2D eigenvalue weighted by Crippen LogP contribution is 2.37. The normalized spacial score (nSPS) is 23.4. The van der Waals surface area contributed by atoms with Crippen molar-refractivity contribution in [1.29, 1.82) is 0 Å². The molecule has 4 heteroatoms. The average Bonchev–Trinajstić information content (AvgIpc) is 3.22. The first kappa shape index (κ1) is 18.4. The second kappa shape index (κ2) is 7.66. The summed E-state index contributed by atoms with van der Waals surface area (Å²) in [5.74, 6) is -0.00991. The van der Waals surface area contributed by atoms with Crippen LogP contribution in [0.25, 0.3) is 0 Å². The molecule has 5 rings (SSSR count). The van der Waals surface area contributed by atoms with Crippen LogP contribution in [0.4, 0.5) is 5.69 Å². The fourth-order valence-corrected chi connectivity index (χ4v) is 5.41. The highest BCUT2D eigenvalue weighted by atomic mass is 16.2. The summed E-state index contributed by atoms with van der Waals surface area (Å²) in [7, 11) is 0. The maximum Gasteiger partial charge on any atom is 0.230 e. The molecule has 4 nitrogen and oxygen atoms in total. The molecule has 0 saturated heterocycles. The summed E-state index contributed by atoms with van der Waals surface area (Å²) in [6.45, 7) is 2.19. The SMILES string of the molecule is O=C(C1CCCCC1C(=O)N1CCc2ccccc21)N1CCc2ccccc2C1. The molecule has 2 amide bonds. The molecule has 150 valence electrons. The van der Waals surface area contributed by atoms with E-state index in [4.69, 9.17) is 0 Å². The van der Waals surface area contributed by atoms with E-state index in [2.05, 4.69) is 24.3 Å². The predicted molar refractivity (Wildman–Crippen MR) is 114 cm³/mol. The van der Waals surface area contributed by atoms with Gasteiger partial charge in [0.25, 0.3) is 0 Å². The van der Waals surface area contributed by atoms with Gasteiger partial charge < -0.3 is 9.80 Å². The predicted octanol–water partition coefficient (Wildman–Crippen LogP) is 3.97. The van der Waals surface area contributed by atoms with E-state index >= 15 is 0 Å². The van der Waals surface area contributed by atoms with Crippen LogP contribution in [0.5, 0.6) is 0 Å². The highest BCUT2D eigenvalue weighted by molar-refractivity contribution is 5.99. The lowest BCUT2D eigenvalue weighted by molar-refractivity contribution is -0.143. The number of fused-ring (bicyclic) bond motifs is 2. The molecule has 1 aliphatic carbocycles. The van der Waals surface area contributed by atoms with Gasteiger partial charge in [0.05, 0.1) is 5.92 Å². The molecule has 0 aromatic heterocycles. The number of hydrogen-bond acceptors (Lipinski definition) is 2. The van der Waals surface area contributed by atoms with Crippen molar-refractivity contribution in [2.75, 3.05) is 18.0 Å². The van der Waals surface area contributed by atoms with Crippen molar-refractivity contribution >= 4 is 17.5 Å². The molecule has 1 fully saturated rings. The number of benzene rings is 2. The molecule has 3 aliphatic rings. The van der Waals surface area contributed by atoms with Crippen molar-refractivity contribution < 1.29 is 9.59 Å². The topological polar surface area (TPSA) is 40.6 Å². The third kappa shape index (κ3) is 3.35. The van der Waals surface area contributed by atoms with E-state index < -0.39 is 0 Å². The first-order chi connectivity index (χ1) is 14.2. The van der Waals surface area contributed by atoms with Gasteiger partial charge in [-0.3, -0.25) is 9.59 Å². The number of rotatable bonds is 2. The van der Waals surface area contributed by atoms with Crippen LogP contribution in [0.3, 0.4) is 0 Å². The lowest BCUT2D eigenvalue weighted by Crippen LogP contribution is -2.47. The number of nitrogens with zero attached hydrogens (tertiary/aromatic N) is 2. The van der Waals surface area contributed by atoms with Crippen molar-refractivity contribution in [2.45, 2.75) is 45.1 Å². The van der Waals surface area contributed by atoms with Gasteiger partial charge >= 0.3 is 0 Å². The van der Waals surface area contributed by atoms with Gasteiger partial charge in [0.1, 0.15) is 0 Å². The molecule has 1 saturated carbocycles. The van der Waals surface area contributed by atoms with Crippen molar-refractivity contribution in [1.82, 2.24) is 4.90 Å². The number of carbonyl (C=O) groups excluding carboxylic acids is 2. The highest BCUT2D eigenvalue weighted by Gasteiger charge is 2.41. The van der Waals surface area contributed by atoms with Crippen molar-refractivity contribution in [2.24, 2.45) is 11.8 Å². The molecule has 0 N–H and O–H groups in total. The van der Waals surface area contributed by atoms with Crippen LogP contribution in [0, 0.1) is 11.8 Å². The zero-order valence-corrected chi connectivity index (χ0v) is 16.8. The summed E-state index contributed by atoms with van der Waals surface area (Å²) in [5, 5.41) is 0. The zero-order chi connectivity index (χ0) is 19.8. The van der Waals surface area contributed by atoms with Crippen LogP contribution < -0.4 is 4.90 Å². The molecule has 2 heterocycles. The average molecular weight is 389 g/mol. The van der Waals surface area contributed by atoms with Crippen LogP contribution in [0.1, 0.15) is 42.4 Å². The fourth-order valence-electron chi connectivity index (χ4n) is 5.41. The third-order valence-corrected chi connectivity index (χ3v) is 7.00. The number of hydrogen-bond donors (Lipinski definition) is 0. The van der Waals surface area contributed by atoms with Gasteiger partial charge in [-0.25, -0.2) is 0 Å². The Bertz CT molecular complexity index is 938. The first-order valence-electron chi connectivity index (χ1n) is 11.0. The summed E-state index contributed by atoms with van der Waals surface area (Å²) in [4.78, 5) is 30.9. The minimum atomic E-state index is -0.181. The second-order valence-electron chi connectivity index (χ2n) is 8.64. The van der Waals surface area contributed by atoms with Gasteiger partial charge in [0, 0.05) is 31.2 Å². The molecule has 0 bridgehead atoms. The lowest BCUT2D eigenvalue weighted by atomic mass is 9.77. The fraction of sp³-hybridized carbons (Fsp3) is 0.440. The Morgan fingerprint density at radius 3 is 2.14 bits per heavy atom. The molecule has 29 heavy (non-hydrogen) atoms. The minimum absolute atomic E-state index is 0.158. The van der Waals surface area contributed by atoms with E-state index in [-0.39, 0.29) is 23.7 Å². The molecule has 2 aromatic carbocycles. The summed E-state index contributed by atoms with van der Waals surface area (Å²) in [6, 6.07) is 16.6. The molecular weight excluding hydrogens is 360 g/mol. The molecule has 0 spiro atoms.